The van der Waals surface area contributed by atoms with Gasteiger partial charge >= 0.3 is 6.09 Å². The monoisotopic (exact) mass is 457 g/mol. The Morgan fingerprint density at radius 1 is 0.909 bits per heavy atom. The first kappa shape index (κ1) is 24.2. The maximum Gasteiger partial charge on any atom is 0.417 e. The van der Waals surface area contributed by atoms with Crippen LogP contribution in [0.5, 0.6) is 23.0 Å². The number of benzene rings is 2. The molecule has 2 aromatic rings. The minimum atomic E-state index is -0.747. The molecule has 0 aromatic heterocycles. The van der Waals surface area contributed by atoms with E-state index in [1.807, 2.05) is 18.2 Å². The Morgan fingerprint density at radius 2 is 1.48 bits per heavy atom. The van der Waals surface area contributed by atoms with Gasteiger partial charge in [-0.05, 0) is 68.1 Å². The van der Waals surface area contributed by atoms with Crippen LogP contribution >= 0.6 is 0 Å². The zero-order valence-corrected chi connectivity index (χ0v) is 20.2. The average Bonchev–Trinajstić information content (AvgIpc) is 2.76. The second kappa shape index (κ2) is 9.60. The van der Waals surface area contributed by atoms with Crippen molar-refractivity contribution in [1.29, 1.82) is 0 Å². The highest BCUT2D eigenvalue weighted by Gasteiger charge is 2.40. The lowest BCUT2D eigenvalue weighted by Crippen LogP contribution is -2.47. The van der Waals surface area contributed by atoms with Crippen LogP contribution in [0, 0.1) is 0 Å². The van der Waals surface area contributed by atoms with Crippen molar-refractivity contribution >= 4 is 12.0 Å². The Labute approximate surface area is 194 Å². The number of nitrogens with zero attached hydrogens (tertiary/aromatic N) is 1. The number of carbonyl (C=O) groups excluding carboxylic acids is 2. The van der Waals surface area contributed by atoms with Crippen molar-refractivity contribution in [2.45, 2.75) is 45.3 Å². The topological polar surface area (TPSA) is 83.5 Å². The molecular weight excluding hydrogens is 426 g/mol. The molecule has 0 fully saturated rings. The lowest BCUT2D eigenvalue weighted by atomic mass is 9.88. The first-order chi connectivity index (χ1) is 15.6. The van der Waals surface area contributed by atoms with Crippen LogP contribution in [0.25, 0.3) is 0 Å². The van der Waals surface area contributed by atoms with Crippen molar-refractivity contribution in [3.8, 4) is 23.0 Å². The molecule has 8 heteroatoms. The van der Waals surface area contributed by atoms with E-state index in [2.05, 4.69) is 0 Å². The number of amides is 2. The molecule has 2 amide bonds. The van der Waals surface area contributed by atoms with Crippen LogP contribution in [-0.4, -0.2) is 50.9 Å². The highest BCUT2D eigenvalue weighted by molar-refractivity contribution is 5.95. The van der Waals surface area contributed by atoms with Crippen molar-refractivity contribution in [3.63, 3.8) is 0 Å². The molecule has 0 bridgehead atoms. The van der Waals surface area contributed by atoms with E-state index in [-0.39, 0.29) is 12.3 Å². The third-order valence-electron chi connectivity index (χ3n) is 5.39. The summed E-state index contributed by atoms with van der Waals surface area (Å²) in [6, 6.07) is 8.53. The normalized spacial score (nSPS) is 15.5. The van der Waals surface area contributed by atoms with Gasteiger partial charge in [0, 0.05) is 0 Å². The number of hydrogen-bond acceptors (Lipinski definition) is 7. The van der Waals surface area contributed by atoms with Crippen LogP contribution in [0.3, 0.4) is 0 Å². The number of fused-ring (bicyclic) bond motifs is 1. The van der Waals surface area contributed by atoms with E-state index in [0.29, 0.717) is 29.4 Å². The van der Waals surface area contributed by atoms with Crippen molar-refractivity contribution in [2.24, 2.45) is 0 Å². The van der Waals surface area contributed by atoms with E-state index in [4.69, 9.17) is 23.7 Å². The molecule has 0 radical (unpaired) electrons. The number of ether oxygens (including phenoxy) is 5. The zero-order chi connectivity index (χ0) is 24.3. The fraction of sp³-hybridized carbons (Fsp3) is 0.440. The largest absolute Gasteiger partial charge is 0.493 e. The first-order valence-corrected chi connectivity index (χ1v) is 10.6. The zero-order valence-electron chi connectivity index (χ0n) is 20.2. The summed E-state index contributed by atoms with van der Waals surface area (Å²) in [5.74, 6) is 1.87. The highest BCUT2D eigenvalue weighted by atomic mass is 16.6. The summed E-state index contributed by atoms with van der Waals surface area (Å²) < 4.78 is 27.2. The van der Waals surface area contributed by atoms with Gasteiger partial charge in [-0.2, -0.15) is 0 Å². The van der Waals surface area contributed by atoms with Gasteiger partial charge in [0.15, 0.2) is 23.0 Å². The van der Waals surface area contributed by atoms with E-state index in [9.17, 15) is 9.59 Å². The van der Waals surface area contributed by atoms with Crippen molar-refractivity contribution in [1.82, 2.24) is 4.90 Å². The summed E-state index contributed by atoms with van der Waals surface area (Å²) in [4.78, 5) is 27.5. The van der Waals surface area contributed by atoms with Crippen LogP contribution in [0.1, 0.15) is 43.5 Å². The molecule has 0 aliphatic carbocycles. The van der Waals surface area contributed by atoms with Gasteiger partial charge in [-0.15, -0.1) is 0 Å². The van der Waals surface area contributed by atoms with Gasteiger partial charge in [-0.1, -0.05) is 6.07 Å². The molecule has 2 aromatic carbocycles. The molecule has 178 valence electrons. The molecule has 3 rings (SSSR count). The molecule has 1 atom stereocenters. The van der Waals surface area contributed by atoms with Crippen LogP contribution in [0.15, 0.2) is 30.3 Å². The summed E-state index contributed by atoms with van der Waals surface area (Å²) in [7, 11) is 6.22. The smallest absolute Gasteiger partial charge is 0.417 e. The molecule has 0 unspecified atom stereocenters. The maximum atomic E-state index is 13.2. The van der Waals surface area contributed by atoms with E-state index >= 15 is 0 Å². The summed E-state index contributed by atoms with van der Waals surface area (Å²) in [5, 5.41) is 0. The molecule has 1 aliphatic heterocycles. The van der Waals surface area contributed by atoms with E-state index in [1.54, 1.807) is 61.3 Å². The Bertz CT molecular complexity index is 1040. The van der Waals surface area contributed by atoms with Gasteiger partial charge in [0.05, 0.1) is 40.9 Å². The molecule has 0 saturated carbocycles. The Morgan fingerprint density at radius 3 is 2.06 bits per heavy atom. The number of carbonyl (C=O) groups is 2. The quantitative estimate of drug-likeness (QED) is 0.639. The van der Waals surface area contributed by atoms with E-state index in [0.717, 1.165) is 16.7 Å². The number of rotatable bonds is 6. The third kappa shape index (κ3) is 5.16. The minimum absolute atomic E-state index is 0.0529. The van der Waals surface area contributed by atoms with Crippen molar-refractivity contribution < 1.29 is 33.3 Å². The Kier molecular flexibility index (Phi) is 7.05. The summed E-state index contributed by atoms with van der Waals surface area (Å²) in [5.41, 5.74) is 1.70. The molecule has 8 nitrogen and oxygen atoms in total. The maximum absolute atomic E-state index is 13.2. The molecule has 1 heterocycles. The fourth-order valence-corrected chi connectivity index (χ4v) is 3.93. The first-order valence-electron chi connectivity index (χ1n) is 10.6. The van der Waals surface area contributed by atoms with Crippen LogP contribution in [0.2, 0.25) is 0 Å². The Hall–Kier alpha value is -3.42. The number of methoxy groups -OCH3 is 4. The molecular formula is C25H31NO7. The Balaban J connectivity index is 2.11. The standard InChI is InChI=1S/C25H31NO7/c1-25(2,3)33-24(28)26-18(10-15-8-9-19(29-4)20(11-15)30-5)17-14-22(32-7)21(31-6)12-16(17)13-23(26)27/h8-9,11-12,14,18H,10,13H2,1-7H3/t18-/m0/s1. The van der Waals surface area contributed by atoms with Gasteiger partial charge < -0.3 is 23.7 Å². The minimum Gasteiger partial charge on any atom is -0.493 e. The number of hydrogen-bond donors (Lipinski definition) is 0. The van der Waals surface area contributed by atoms with Crippen molar-refractivity contribution in [2.75, 3.05) is 28.4 Å². The predicted molar refractivity (Wildman–Crippen MR) is 122 cm³/mol. The van der Waals surface area contributed by atoms with E-state index < -0.39 is 17.7 Å². The van der Waals surface area contributed by atoms with Gasteiger partial charge in [0.25, 0.3) is 0 Å². The molecule has 1 aliphatic rings. The second-order valence-corrected chi connectivity index (χ2v) is 8.74. The summed E-state index contributed by atoms with van der Waals surface area (Å²) >= 11 is 0. The van der Waals surface area contributed by atoms with Gasteiger partial charge in [-0.3, -0.25) is 4.79 Å². The lowest BCUT2D eigenvalue weighted by Gasteiger charge is -2.37. The lowest BCUT2D eigenvalue weighted by molar-refractivity contribution is -0.132. The molecule has 0 spiro atoms. The molecule has 0 saturated heterocycles. The highest BCUT2D eigenvalue weighted by Crippen LogP contribution is 2.41. The molecule has 33 heavy (non-hydrogen) atoms. The third-order valence-corrected chi connectivity index (χ3v) is 5.39. The SMILES string of the molecule is COc1ccc(C[C@H]2c3cc(OC)c(OC)cc3CC(=O)N2C(=O)OC(C)(C)C)cc1OC. The average molecular weight is 458 g/mol. The van der Waals surface area contributed by atoms with Crippen LogP contribution < -0.4 is 18.9 Å². The van der Waals surface area contributed by atoms with Crippen LogP contribution in [-0.2, 0) is 22.4 Å². The van der Waals surface area contributed by atoms with Gasteiger partial charge in [0.1, 0.15) is 5.60 Å². The van der Waals surface area contributed by atoms with Gasteiger partial charge in [0.2, 0.25) is 5.91 Å². The second-order valence-electron chi connectivity index (χ2n) is 8.74. The fourth-order valence-electron chi connectivity index (χ4n) is 3.93. The number of imide groups is 1. The van der Waals surface area contributed by atoms with Gasteiger partial charge in [-0.25, -0.2) is 9.69 Å². The molecule has 0 N–H and O–H groups in total. The van der Waals surface area contributed by atoms with Crippen molar-refractivity contribution in [3.05, 3.63) is 47.0 Å². The van der Waals surface area contributed by atoms with E-state index in [1.165, 1.54) is 4.90 Å². The predicted octanol–water partition coefficient (Wildman–Crippen LogP) is 4.32. The van der Waals surface area contributed by atoms with Crippen LogP contribution in [0.4, 0.5) is 4.79 Å². The summed E-state index contributed by atoms with van der Waals surface area (Å²) in [6.45, 7) is 5.31. The summed E-state index contributed by atoms with van der Waals surface area (Å²) in [6.07, 6.45) is -0.274.